The predicted molar refractivity (Wildman–Crippen MR) is 92.8 cm³/mol. The van der Waals surface area contributed by atoms with Crippen LogP contribution in [0.4, 0.5) is 0 Å². The maximum Gasteiger partial charge on any atom is 0.118 e. The molecule has 0 amide bonds. The average Bonchev–Trinajstić information content (AvgIpc) is 2.51. The van der Waals surface area contributed by atoms with Crippen molar-refractivity contribution < 1.29 is 9.84 Å². The van der Waals surface area contributed by atoms with Gasteiger partial charge < -0.3 is 9.84 Å². The highest BCUT2D eigenvalue weighted by Crippen LogP contribution is 2.67. The molecule has 0 radical (unpaired) electrons. The average molecular weight is 316 g/mol. The van der Waals surface area contributed by atoms with Gasteiger partial charge in [-0.1, -0.05) is 39.8 Å². The quantitative estimate of drug-likeness (QED) is 0.693. The molecular formula is C21H32O2. The zero-order valence-electron chi connectivity index (χ0n) is 15.1. The summed E-state index contributed by atoms with van der Waals surface area (Å²) in [7, 11) is 0. The molecule has 4 rings (SSSR count). The van der Waals surface area contributed by atoms with Crippen molar-refractivity contribution in [3.63, 3.8) is 0 Å². The van der Waals surface area contributed by atoms with E-state index in [1.165, 1.54) is 25.0 Å². The molecule has 0 aromatic carbocycles. The minimum absolute atomic E-state index is 0.0580. The van der Waals surface area contributed by atoms with Gasteiger partial charge in [0.1, 0.15) is 11.4 Å². The molecule has 2 heteroatoms. The highest BCUT2D eigenvalue weighted by molar-refractivity contribution is 5.25. The Morgan fingerprint density at radius 1 is 1.17 bits per heavy atom. The van der Waals surface area contributed by atoms with Gasteiger partial charge in [0.05, 0.1) is 6.10 Å². The van der Waals surface area contributed by atoms with E-state index in [0.717, 1.165) is 19.3 Å². The number of allylic oxidation sites excluding steroid dienone is 4. The monoisotopic (exact) mass is 316 g/mol. The summed E-state index contributed by atoms with van der Waals surface area (Å²) in [5.41, 5.74) is 0.0823. The summed E-state index contributed by atoms with van der Waals surface area (Å²) in [4.78, 5) is 0. The lowest BCUT2D eigenvalue weighted by molar-refractivity contribution is -0.273. The second-order valence-corrected chi connectivity index (χ2v) is 9.45. The topological polar surface area (TPSA) is 29.5 Å². The van der Waals surface area contributed by atoms with Crippen LogP contribution in [0, 0.1) is 28.6 Å². The van der Waals surface area contributed by atoms with Crippen LogP contribution in [0.1, 0.15) is 66.2 Å². The lowest BCUT2D eigenvalue weighted by atomic mass is 9.43. The molecule has 2 nitrogen and oxygen atoms in total. The SMILES string of the molecule is CC1CCC2C(C)(C)C(O)CCC23OC2=CC=CCC2CC13C. The summed E-state index contributed by atoms with van der Waals surface area (Å²) in [6.07, 6.45) is 13.2. The fourth-order valence-corrected chi connectivity index (χ4v) is 6.47. The standard InChI is InChI=1S/C21H32O2/c1-14-9-10-17-19(2,3)18(22)11-12-21(17)20(14,4)13-15-7-5-6-8-16(15)23-21/h5-6,8,14-15,17-18,22H,7,9-13H2,1-4H3. The van der Waals surface area contributed by atoms with E-state index in [2.05, 4.69) is 45.9 Å². The molecule has 1 heterocycles. The normalized spacial score (nSPS) is 50.9. The minimum Gasteiger partial charge on any atom is -0.490 e. The summed E-state index contributed by atoms with van der Waals surface area (Å²) in [5.74, 6) is 2.92. The molecular weight excluding hydrogens is 284 g/mol. The van der Waals surface area contributed by atoms with Gasteiger partial charge in [-0.3, -0.25) is 0 Å². The van der Waals surface area contributed by atoms with Crippen molar-refractivity contribution in [1.29, 1.82) is 0 Å². The van der Waals surface area contributed by atoms with Crippen LogP contribution in [-0.4, -0.2) is 16.8 Å². The Morgan fingerprint density at radius 2 is 1.96 bits per heavy atom. The Kier molecular flexibility index (Phi) is 3.34. The van der Waals surface area contributed by atoms with Crippen LogP contribution in [-0.2, 0) is 4.74 Å². The fraction of sp³-hybridized carbons (Fsp3) is 0.810. The molecule has 0 bridgehead atoms. The van der Waals surface area contributed by atoms with Gasteiger partial charge >= 0.3 is 0 Å². The van der Waals surface area contributed by atoms with Crippen molar-refractivity contribution >= 4 is 0 Å². The smallest absolute Gasteiger partial charge is 0.118 e. The van der Waals surface area contributed by atoms with E-state index >= 15 is 0 Å². The molecule has 3 fully saturated rings. The molecule has 2 saturated carbocycles. The van der Waals surface area contributed by atoms with Crippen LogP contribution < -0.4 is 0 Å². The molecule has 1 N–H and O–H groups in total. The molecule has 1 aliphatic heterocycles. The first-order valence-electron chi connectivity index (χ1n) is 9.55. The molecule has 0 aromatic heterocycles. The van der Waals surface area contributed by atoms with Crippen LogP contribution in [0.25, 0.3) is 0 Å². The number of hydrogen-bond acceptors (Lipinski definition) is 2. The molecule has 6 atom stereocenters. The van der Waals surface area contributed by atoms with Gasteiger partial charge in [0.25, 0.3) is 0 Å². The first-order chi connectivity index (χ1) is 10.8. The predicted octanol–water partition coefficient (Wildman–Crippen LogP) is 4.84. The fourth-order valence-electron chi connectivity index (χ4n) is 6.47. The summed E-state index contributed by atoms with van der Waals surface area (Å²) in [6.45, 7) is 9.47. The van der Waals surface area contributed by atoms with E-state index < -0.39 is 0 Å². The maximum atomic E-state index is 10.7. The Bertz CT molecular complexity index is 560. The van der Waals surface area contributed by atoms with E-state index in [1.807, 2.05) is 0 Å². The van der Waals surface area contributed by atoms with Crippen LogP contribution >= 0.6 is 0 Å². The van der Waals surface area contributed by atoms with E-state index in [4.69, 9.17) is 4.74 Å². The van der Waals surface area contributed by atoms with Crippen LogP contribution in [0.3, 0.4) is 0 Å². The van der Waals surface area contributed by atoms with Gasteiger partial charge in [0, 0.05) is 17.3 Å². The molecule has 1 saturated heterocycles. The number of fused-ring (bicyclic) bond motifs is 1. The van der Waals surface area contributed by atoms with Crippen molar-refractivity contribution in [1.82, 2.24) is 0 Å². The minimum atomic E-state index is -0.197. The van der Waals surface area contributed by atoms with Crippen molar-refractivity contribution in [3.8, 4) is 0 Å². The van der Waals surface area contributed by atoms with E-state index in [9.17, 15) is 5.11 Å². The van der Waals surface area contributed by atoms with Gasteiger partial charge in [-0.05, 0) is 55.9 Å². The van der Waals surface area contributed by atoms with E-state index in [0.29, 0.717) is 17.8 Å². The first kappa shape index (κ1) is 15.7. The Labute approximate surface area is 141 Å². The number of aliphatic hydroxyl groups is 1. The molecule has 4 aliphatic rings. The van der Waals surface area contributed by atoms with E-state index in [-0.39, 0.29) is 22.5 Å². The molecule has 0 aromatic rings. The molecule has 6 unspecified atom stereocenters. The van der Waals surface area contributed by atoms with Gasteiger partial charge in [-0.2, -0.15) is 0 Å². The molecule has 128 valence electrons. The van der Waals surface area contributed by atoms with Crippen LogP contribution in [0.2, 0.25) is 0 Å². The summed E-state index contributed by atoms with van der Waals surface area (Å²) in [6, 6.07) is 0. The summed E-state index contributed by atoms with van der Waals surface area (Å²) >= 11 is 0. The third kappa shape index (κ3) is 1.91. The van der Waals surface area contributed by atoms with Crippen molar-refractivity contribution in [2.24, 2.45) is 28.6 Å². The third-order valence-electron chi connectivity index (χ3n) is 8.24. The summed E-state index contributed by atoms with van der Waals surface area (Å²) in [5, 5.41) is 10.7. The zero-order chi connectivity index (χ0) is 16.5. The van der Waals surface area contributed by atoms with E-state index in [1.54, 1.807) is 0 Å². The largest absolute Gasteiger partial charge is 0.490 e. The van der Waals surface area contributed by atoms with Crippen molar-refractivity contribution in [2.45, 2.75) is 77.9 Å². The van der Waals surface area contributed by atoms with Crippen molar-refractivity contribution in [3.05, 3.63) is 24.0 Å². The number of ether oxygens (including phenoxy) is 1. The lowest BCUT2D eigenvalue weighted by Crippen LogP contribution is -2.69. The summed E-state index contributed by atoms with van der Waals surface area (Å²) < 4.78 is 6.94. The van der Waals surface area contributed by atoms with Gasteiger partial charge in [0.2, 0.25) is 0 Å². The maximum absolute atomic E-state index is 10.7. The number of rotatable bonds is 0. The third-order valence-corrected chi connectivity index (χ3v) is 8.24. The lowest BCUT2D eigenvalue weighted by Gasteiger charge is -2.68. The van der Waals surface area contributed by atoms with Crippen LogP contribution in [0.5, 0.6) is 0 Å². The molecule has 23 heavy (non-hydrogen) atoms. The van der Waals surface area contributed by atoms with Gasteiger partial charge in [-0.25, -0.2) is 0 Å². The highest BCUT2D eigenvalue weighted by Gasteiger charge is 2.68. The molecule has 1 spiro atoms. The van der Waals surface area contributed by atoms with Gasteiger partial charge in [-0.15, -0.1) is 0 Å². The number of hydrogen-bond donors (Lipinski definition) is 1. The van der Waals surface area contributed by atoms with Crippen molar-refractivity contribution in [2.75, 3.05) is 0 Å². The first-order valence-corrected chi connectivity index (χ1v) is 9.55. The highest BCUT2D eigenvalue weighted by atomic mass is 16.5. The zero-order valence-corrected chi connectivity index (χ0v) is 15.1. The Hall–Kier alpha value is -0.760. The number of aliphatic hydroxyl groups excluding tert-OH is 1. The van der Waals surface area contributed by atoms with Gasteiger partial charge in [0.15, 0.2) is 0 Å². The second kappa shape index (κ2) is 4.88. The second-order valence-electron chi connectivity index (χ2n) is 9.45. The molecule has 3 aliphatic carbocycles. The Morgan fingerprint density at radius 3 is 2.74 bits per heavy atom. The van der Waals surface area contributed by atoms with Crippen LogP contribution in [0.15, 0.2) is 24.0 Å². The Balaban J connectivity index is 1.83.